The van der Waals surface area contributed by atoms with E-state index in [0.29, 0.717) is 17.1 Å². The zero-order valence-corrected chi connectivity index (χ0v) is 16.4. The standard InChI is InChI=1S/C25H19N3O2/c1-30-21-13-11-18(12-14-21)25(29)27-24-23(26-22-8-4-5-15-28(22)24)20-10-9-17-6-2-3-7-19(17)16-20/h2-16H,1H3,(H,27,29). The molecule has 1 N–H and O–H groups in total. The number of fused-ring (bicyclic) bond motifs is 2. The Morgan fingerprint density at radius 3 is 2.47 bits per heavy atom. The second-order valence-electron chi connectivity index (χ2n) is 6.98. The van der Waals surface area contributed by atoms with Crippen molar-refractivity contribution in [2.45, 2.75) is 0 Å². The quantitative estimate of drug-likeness (QED) is 0.444. The lowest BCUT2D eigenvalue weighted by Gasteiger charge is -2.09. The third-order valence-electron chi connectivity index (χ3n) is 5.14. The Morgan fingerprint density at radius 2 is 1.67 bits per heavy atom. The maximum Gasteiger partial charge on any atom is 0.256 e. The van der Waals surface area contributed by atoms with Crippen molar-refractivity contribution in [3.8, 4) is 17.0 Å². The van der Waals surface area contributed by atoms with Crippen molar-refractivity contribution in [2.24, 2.45) is 0 Å². The minimum Gasteiger partial charge on any atom is -0.497 e. The van der Waals surface area contributed by atoms with Crippen LogP contribution in [0.4, 0.5) is 5.82 Å². The van der Waals surface area contributed by atoms with E-state index in [-0.39, 0.29) is 5.91 Å². The molecule has 0 saturated carbocycles. The van der Waals surface area contributed by atoms with Crippen LogP contribution in [0.5, 0.6) is 5.75 Å². The lowest BCUT2D eigenvalue weighted by Crippen LogP contribution is -2.14. The van der Waals surface area contributed by atoms with Gasteiger partial charge in [-0.05, 0) is 53.2 Å². The van der Waals surface area contributed by atoms with E-state index in [9.17, 15) is 4.79 Å². The molecule has 0 bridgehead atoms. The average molecular weight is 393 g/mol. The topological polar surface area (TPSA) is 55.6 Å². The van der Waals surface area contributed by atoms with Crippen LogP contribution >= 0.6 is 0 Å². The van der Waals surface area contributed by atoms with Gasteiger partial charge in [-0.1, -0.05) is 42.5 Å². The summed E-state index contributed by atoms with van der Waals surface area (Å²) in [6.07, 6.45) is 1.90. The number of carbonyl (C=O) groups is 1. The van der Waals surface area contributed by atoms with Gasteiger partial charge < -0.3 is 10.1 Å². The number of hydrogen-bond acceptors (Lipinski definition) is 3. The van der Waals surface area contributed by atoms with Crippen LogP contribution in [0, 0.1) is 0 Å². The Hall–Kier alpha value is -4.12. The van der Waals surface area contributed by atoms with E-state index < -0.39 is 0 Å². The average Bonchev–Trinajstić information content (AvgIpc) is 3.17. The van der Waals surface area contributed by atoms with E-state index in [1.165, 1.54) is 0 Å². The highest BCUT2D eigenvalue weighted by Crippen LogP contribution is 2.31. The molecule has 0 radical (unpaired) electrons. The lowest BCUT2D eigenvalue weighted by molar-refractivity contribution is 0.102. The summed E-state index contributed by atoms with van der Waals surface area (Å²) in [5.41, 5.74) is 2.99. The van der Waals surface area contributed by atoms with E-state index >= 15 is 0 Å². The van der Waals surface area contributed by atoms with E-state index in [1.807, 2.05) is 47.0 Å². The smallest absolute Gasteiger partial charge is 0.256 e. The van der Waals surface area contributed by atoms with E-state index in [2.05, 4.69) is 29.6 Å². The van der Waals surface area contributed by atoms with Gasteiger partial charge in [0.1, 0.15) is 22.9 Å². The minimum atomic E-state index is -0.203. The molecule has 0 spiro atoms. The van der Waals surface area contributed by atoms with Crippen LogP contribution in [0.15, 0.2) is 91.1 Å². The van der Waals surface area contributed by atoms with Gasteiger partial charge >= 0.3 is 0 Å². The Kier molecular flexibility index (Phi) is 4.41. The first-order valence-electron chi connectivity index (χ1n) is 9.64. The van der Waals surface area contributed by atoms with Gasteiger partial charge in [0.05, 0.1) is 7.11 Å². The van der Waals surface area contributed by atoms with Gasteiger partial charge in [-0.15, -0.1) is 0 Å². The van der Waals surface area contributed by atoms with Crippen molar-refractivity contribution in [3.63, 3.8) is 0 Å². The number of anilines is 1. The number of aromatic nitrogens is 2. The van der Waals surface area contributed by atoms with E-state index in [0.717, 1.165) is 27.7 Å². The van der Waals surface area contributed by atoms with Gasteiger partial charge in [0.25, 0.3) is 5.91 Å². The predicted molar refractivity (Wildman–Crippen MR) is 119 cm³/mol. The molecule has 30 heavy (non-hydrogen) atoms. The summed E-state index contributed by atoms with van der Waals surface area (Å²) in [7, 11) is 1.60. The highest BCUT2D eigenvalue weighted by atomic mass is 16.5. The number of pyridine rings is 1. The molecule has 0 atom stereocenters. The van der Waals surface area contributed by atoms with Gasteiger partial charge in [0.2, 0.25) is 0 Å². The molecule has 5 aromatic rings. The number of carbonyl (C=O) groups excluding carboxylic acids is 1. The van der Waals surface area contributed by atoms with Crippen molar-refractivity contribution >= 4 is 28.1 Å². The first-order chi connectivity index (χ1) is 14.7. The minimum absolute atomic E-state index is 0.203. The number of benzene rings is 3. The number of amides is 1. The molecule has 5 nitrogen and oxygen atoms in total. The van der Waals surface area contributed by atoms with Crippen molar-refractivity contribution < 1.29 is 9.53 Å². The Labute approximate surface area is 173 Å². The van der Waals surface area contributed by atoms with Crippen molar-refractivity contribution in [2.75, 3.05) is 12.4 Å². The van der Waals surface area contributed by atoms with Crippen LogP contribution in [0.25, 0.3) is 27.7 Å². The number of hydrogen-bond donors (Lipinski definition) is 1. The molecule has 0 aliphatic carbocycles. The van der Waals surface area contributed by atoms with Crippen LogP contribution in [-0.4, -0.2) is 22.4 Å². The van der Waals surface area contributed by atoms with Crippen LogP contribution in [0.3, 0.4) is 0 Å². The second kappa shape index (κ2) is 7.37. The molecule has 0 unspecified atom stereocenters. The molecule has 2 aromatic heterocycles. The summed E-state index contributed by atoms with van der Waals surface area (Å²) in [6, 6.07) is 27.2. The Balaban J connectivity index is 1.60. The van der Waals surface area contributed by atoms with Crippen LogP contribution < -0.4 is 10.1 Å². The van der Waals surface area contributed by atoms with Crippen molar-refractivity contribution in [3.05, 3.63) is 96.7 Å². The largest absolute Gasteiger partial charge is 0.497 e. The SMILES string of the molecule is COc1ccc(C(=O)Nc2c(-c3ccc4ccccc4c3)nc3ccccn23)cc1. The van der Waals surface area contributed by atoms with Gasteiger partial charge in [-0.2, -0.15) is 0 Å². The fourth-order valence-corrected chi connectivity index (χ4v) is 3.58. The Morgan fingerprint density at radius 1 is 0.900 bits per heavy atom. The summed E-state index contributed by atoms with van der Waals surface area (Å²) >= 11 is 0. The molecule has 5 heteroatoms. The third kappa shape index (κ3) is 3.16. The maximum absolute atomic E-state index is 13.0. The summed E-state index contributed by atoms with van der Waals surface area (Å²) in [5.74, 6) is 1.14. The zero-order chi connectivity index (χ0) is 20.5. The molecule has 2 heterocycles. The van der Waals surface area contributed by atoms with Gasteiger partial charge in [0.15, 0.2) is 0 Å². The van der Waals surface area contributed by atoms with Gasteiger partial charge in [0, 0.05) is 17.3 Å². The molecule has 0 aliphatic heterocycles. The first-order valence-corrected chi connectivity index (χ1v) is 9.64. The molecule has 1 amide bonds. The molecule has 3 aromatic carbocycles. The number of nitrogens with zero attached hydrogens (tertiary/aromatic N) is 2. The summed E-state index contributed by atoms with van der Waals surface area (Å²) in [6.45, 7) is 0. The fourth-order valence-electron chi connectivity index (χ4n) is 3.58. The zero-order valence-electron chi connectivity index (χ0n) is 16.4. The van der Waals surface area contributed by atoms with Crippen LogP contribution in [0.2, 0.25) is 0 Å². The fraction of sp³-hybridized carbons (Fsp3) is 0.0400. The number of rotatable bonds is 4. The molecule has 146 valence electrons. The summed E-state index contributed by atoms with van der Waals surface area (Å²) in [5, 5.41) is 5.34. The molecular weight excluding hydrogens is 374 g/mol. The lowest BCUT2D eigenvalue weighted by atomic mass is 10.0. The maximum atomic E-state index is 13.0. The number of methoxy groups -OCH3 is 1. The van der Waals surface area contributed by atoms with E-state index in [4.69, 9.17) is 9.72 Å². The molecule has 0 fully saturated rings. The van der Waals surface area contributed by atoms with Crippen molar-refractivity contribution in [1.82, 2.24) is 9.38 Å². The molecular formula is C25H19N3O2. The summed E-state index contributed by atoms with van der Waals surface area (Å²) < 4.78 is 7.07. The number of imidazole rings is 1. The molecule has 0 saturated heterocycles. The normalized spacial score (nSPS) is 11.0. The third-order valence-corrected chi connectivity index (χ3v) is 5.14. The first kappa shape index (κ1) is 17.9. The molecule has 0 aliphatic rings. The number of nitrogens with one attached hydrogen (secondary N) is 1. The summed E-state index contributed by atoms with van der Waals surface area (Å²) in [4.78, 5) is 17.8. The highest BCUT2D eigenvalue weighted by molar-refractivity contribution is 6.06. The van der Waals surface area contributed by atoms with Gasteiger partial charge in [-0.3, -0.25) is 9.20 Å². The second-order valence-corrected chi connectivity index (χ2v) is 6.98. The van der Waals surface area contributed by atoms with Crippen LogP contribution in [0.1, 0.15) is 10.4 Å². The number of ether oxygens (including phenoxy) is 1. The predicted octanol–water partition coefficient (Wildman–Crippen LogP) is 5.42. The van der Waals surface area contributed by atoms with Gasteiger partial charge in [-0.25, -0.2) is 4.98 Å². The van der Waals surface area contributed by atoms with Crippen LogP contribution in [-0.2, 0) is 0 Å². The Bertz CT molecular complexity index is 1370. The molecule has 5 rings (SSSR count). The monoisotopic (exact) mass is 393 g/mol. The van der Waals surface area contributed by atoms with Crippen molar-refractivity contribution in [1.29, 1.82) is 0 Å². The van der Waals surface area contributed by atoms with E-state index in [1.54, 1.807) is 31.4 Å². The highest BCUT2D eigenvalue weighted by Gasteiger charge is 2.17.